The smallest absolute Gasteiger partial charge is 0.331 e. The largest absolute Gasteiger partial charge is 0.467 e. The summed E-state index contributed by atoms with van der Waals surface area (Å²) >= 11 is 0. The van der Waals surface area contributed by atoms with Gasteiger partial charge in [-0.3, -0.25) is 0 Å². The number of hydrogen-bond donors (Lipinski definition) is 0. The minimum absolute atomic E-state index is 0.0504. The summed E-state index contributed by atoms with van der Waals surface area (Å²) in [5, 5.41) is 0. The van der Waals surface area contributed by atoms with E-state index in [1.807, 2.05) is 0 Å². The Morgan fingerprint density at radius 3 is 3.06 bits per heavy atom. The van der Waals surface area contributed by atoms with Crippen molar-refractivity contribution < 1.29 is 14.3 Å². The molecule has 1 unspecified atom stereocenters. The molecule has 16 heavy (non-hydrogen) atoms. The van der Waals surface area contributed by atoms with E-state index in [4.69, 9.17) is 4.74 Å². The maximum atomic E-state index is 10.9. The molecule has 1 aliphatic carbocycles. The van der Waals surface area contributed by atoms with Crippen LogP contribution in [0.1, 0.15) is 19.3 Å². The number of esters is 1. The zero-order chi connectivity index (χ0) is 11.6. The Labute approximate surface area is 95.8 Å². The van der Waals surface area contributed by atoms with Gasteiger partial charge in [-0.25, -0.2) is 4.79 Å². The number of hydrogen-bond acceptors (Lipinski definition) is 3. The van der Waals surface area contributed by atoms with Crippen LogP contribution in [0, 0.1) is 23.7 Å². The monoisotopic (exact) mass is 218 g/mol. The van der Waals surface area contributed by atoms with Crippen LogP contribution in [0.4, 0.5) is 0 Å². The van der Waals surface area contributed by atoms with E-state index in [0.717, 1.165) is 19.3 Å². The van der Waals surface area contributed by atoms with Crippen molar-refractivity contribution in [3.63, 3.8) is 0 Å². The molecule has 1 rings (SSSR count). The van der Waals surface area contributed by atoms with E-state index in [1.54, 1.807) is 12.2 Å². The first-order chi connectivity index (χ1) is 7.83. The van der Waals surface area contributed by atoms with Crippen molar-refractivity contribution in [2.75, 3.05) is 13.7 Å². The third-order valence-corrected chi connectivity index (χ3v) is 1.99. The van der Waals surface area contributed by atoms with Crippen molar-refractivity contribution in [3.05, 3.63) is 12.2 Å². The highest BCUT2D eigenvalue weighted by Crippen LogP contribution is 2.04. The number of methoxy groups -OCH3 is 1. The van der Waals surface area contributed by atoms with Gasteiger partial charge >= 0.3 is 5.97 Å². The summed E-state index contributed by atoms with van der Waals surface area (Å²) in [6, 6.07) is 0. The molecule has 0 bridgehead atoms. The average molecular weight is 218 g/mol. The molecule has 1 aliphatic rings. The first kappa shape index (κ1) is 12.4. The summed E-state index contributed by atoms with van der Waals surface area (Å²) in [7, 11) is 1.34. The molecule has 0 radical (unpaired) electrons. The molecule has 0 N–H and O–H groups in total. The van der Waals surface area contributed by atoms with E-state index in [9.17, 15) is 4.79 Å². The van der Waals surface area contributed by atoms with E-state index in [-0.39, 0.29) is 18.7 Å². The lowest BCUT2D eigenvalue weighted by molar-refractivity contribution is -0.147. The summed E-state index contributed by atoms with van der Waals surface area (Å²) < 4.78 is 9.83. The third kappa shape index (κ3) is 5.24. The summed E-state index contributed by atoms with van der Waals surface area (Å²) in [6.45, 7) is -0.0504. The van der Waals surface area contributed by atoms with E-state index < -0.39 is 0 Å². The summed E-state index contributed by atoms with van der Waals surface area (Å²) in [4.78, 5) is 10.9. The van der Waals surface area contributed by atoms with Gasteiger partial charge in [-0.1, -0.05) is 23.7 Å². The van der Waals surface area contributed by atoms with E-state index in [2.05, 4.69) is 28.4 Å². The molecule has 0 fully saturated rings. The van der Waals surface area contributed by atoms with Gasteiger partial charge in [0.25, 0.3) is 0 Å². The zero-order valence-electron chi connectivity index (χ0n) is 9.29. The second kappa shape index (κ2) is 7.56. The summed E-state index contributed by atoms with van der Waals surface area (Å²) in [5.41, 5.74) is 0. The molecule has 0 aromatic rings. The van der Waals surface area contributed by atoms with E-state index in [0.29, 0.717) is 0 Å². The Kier molecular flexibility index (Phi) is 5.84. The molecule has 0 aliphatic heterocycles. The highest BCUT2D eigenvalue weighted by molar-refractivity contribution is 5.70. The molecule has 0 aromatic carbocycles. The SMILES string of the molecule is COC(=O)COC1C#C/C=C\C#CCCC1. The minimum atomic E-state index is -0.380. The molecule has 3 heteroatoms. The number of carbonyl (C=O) groups is 1. The standard InChI is InChI=1S/C13H14O3/c1-15-13(14)11-16-12-9-7-5-3-2-4-6-8-10-12/h3,5,12H,6,8,10-11H2,1H3/b5-3-. The van der Waals surface area contributed by atoms with Crippen LogP contribution in [0.2, 0.25) is 0 Å². The van der Waals surface area contributed by atoms with Gasteiger partial charge in [-0.05, 0) is 25.0 Å². The Balaban J connectivity index is 2.46. The lowest BCUT2D eigenvalue weighted by Crippen LogP contribution is -2.18. The molecule has 0 spiro atoms. The van der Waals surface area contributed by atoms with Crippen molar-refractivity contribution in [1.29, 1.82) is 0 Å². The fourth-order valence-corrected chi connectivity index (χ4v) is 1.16. The maximum Gasteiger partial charge on any atom is 0.331 e. The minimum Gasteiger partial charge on any atom is -0.467 e. The lowest BCUT2D eigenvalue weighted by atomic mass is 10.1. The number of rotatable bonds is 3. The van der Waals surface area contributed by atoms with E-state index in [1.165, 1.54) is 7.11 Å². The van der Waals surface area contributed by atoms with Crippen molar-refractivity contribution in [3.8, 4) is 23.7 Å². The van der Waals surface area contributed by atoms with Crippen LogP contribution in [-0.2, 0) is 14.3 Å². The van der Waals surface area contributed by atoms with Gasteiger partial charge in [0.2, 0.25) is 0 Å². The average Bonchev–Trinajstić information content (AvgIpc) is 2.33. The van der Waals surface area contributed by atoms with Gasteiger partial charge in [0.1, 0.15) is 12.7 Å². The maximum absolute atomic E-state index is 10.9. The summed E-state index contributed by atoms with van der Waals surface area (Å²) in [5.74, 6) is 11.3. The van der Waals surface area contributed by atoms with Gasteiger partial charge < -0.3 is 9.47 Å². The van der Waals surface area contributed by atoms with Crippen LogP contribution in [0.15, 0.2) is 12.2 Å². The van der Waals surface area contributed by atoms with Crippen LogP contribution in [0.3, 0.4) is 0 Å². The van der Waals surface area contributed by atoms with Gasteiger partial charge in [-0.15, -0.1) is 0 Å². The van der Waals surface area contributed by atoms with Crippen LogP contribution in [-0.4, -0.2) is 25.8 Å². The first-order valence-corrected chi connectivity index (χ1v) is 5.16. The van der Waals surface area contributed by atoms with Crippen LogP contribution in [0.5, 0.6) is 0 Å². The zero-order valence-corrected chi connectivity index (χ0v) is 9.29. The van der Waals surface area contributed by atoms with Crippen LogP contribution >= 0.6 is 0 Å². The molecule has 3 nitrogen and oxygen atoms in total. The Bertz CT molecular complexity index is 373. The topological polar surface area (TPSA) is 35.5 Å². The molecule has 84 valence electrons. The van der Waals surface area contributed by atoms with Crippen molar-refractivity contribution in [2.45, 2.75) is 25.4 Å². The Morgan fingerprint density at radius 2 is 2.25 bits per heavy atom. The van der Waals surface area contributed by atoms with Gasteiger partial charge in [-0.2, -0.15) is 0 Å². The number of allylic oxidation sites excluding steroid dienone is 2. The van der Waals surface area contributed by atoms with Gasteiger partial charge in [0.15, 0.2) is 0 Å². The van der Waals surface area contributed by atoms with Crippen LogP contribution < -0.4 is 0 Å². The van der Waals surface area contributed by atoms with Gasteiger partial charge in [0, 0.05) is 6.42 Å². The predicted molar refractivity (Wildman–Crippen MR) is 60.3 cm³/mol. The van der Waals surface area contributed by atoms with Crippen molar-refractivity contribution >= 4 is 5.97 Å². The predicted octanol–water partition coefficient (Wildman–Crippen LogP) is 1.29. The quantitative estimate of drug-likeness (QED) is 0.529. The highest BCUT2D eigenvalue weighted by Gasteiger charge is 2.08. The molecular weight excluding hydrogens is 204 g/mol. The fraction of sp³-hybridized carbons (Fsp3) is 0.462. The third-order valence-electron chi connectivity index (χ3n) is 1.99. The Hall–Kier alpha value is -1.71. The molecule has 0 saturated heterocycles. The molecule has 0 amide bonds. The van der Waals surface area contributed by atoms with Crippen molar-refractivity contribution in [1.82, 2.24) is 0 Å². The fourth-order valence-electron chi connectivity index (χ4n) is 1.16. The molecule has 1 atom stereocenters. The summed E-state index contributed by atoms with van der Waals surface area (Å²) in [6.07, 6.45) is 5.71. The second-order valence-electron chi connectivity index (χ2n) is 3.21. The molecule has 0 heterocycles. The highest BCUT2D eigenvalue weighted by atomic mass is 16.6. The van der Waals surface area contributed by atoms with Gasteiger partial charge in [0.05, 0.1) is 7.11 Å². The normalized spacial score (nSPS) is 20.7. The number of carbonyl (C=O) groups excluding carboxylic acids is 1. The molecule has 0 aromatic heterocycles. The van der Waals surface area contributed by atoms with E-state index >= 15 is 0 Å². The van der Waals surface area contributed by atoms with Crippen LogP contribution in [0.25, 0.3) is 0 Å². The van der Waals surface area contributed by atoms with Crippen molar-refractivity contribution in [2.24, 2.45) is 0 Å². The number of ether oxygens (including phenoxy) is 2. The first-order valence-electron chi connectivity index (χ1n) is 5.16. The Morgan fingerprint density at radius 1 is 1.44 bits per heavy atom. The molecule has 0 saturated carbocycles. The molecular formula is C13H14O3. The lowest BCUT2D eigenvalue weighted by Gasteiger charge is -2.10. The second-order valence-corrected chi connectivity index (χ2v) is 3.21.